The molecule has 3 nitrogen and oxygen atoms in total. The fourth-order valence-corrected chi connectivity index (χ4v) is 2.15. The summed E-state index contributed by atoms with van der Waals surface area (Å²) in [4.78, 5) is 5.82. The number of anilines is 1. The molecule has 0 bridgehead atoms. The SMILES string of the molecule is OCC1(F)CN(c2nccc(I)c2Cl)C1. The Balaban J connectivity index is 2.17. The highest BCUT2D eigenvalue weighted by Crippen LogP contribution is 2.35. The number of pyridine rings is 1. The molecule has 0 spiro atoms. The first-order valence-electron chi connectivity index (χ1n) is 4.40. The van der Waals surface area contributed by atoms with E-state index in [-0.39, 0.29) is 13.1 Å². The van der Waals surface area contributed by atoms with Crippen molar-refractivity contribution in [1.82, 2.24) is 4.98 Å². The van der Waals surface area contributed by atoms with Crippen molar-refractivity contribution < 1.29 is 9.50 Å². The van der Waals surface area contributed by atoms with E-state index in [1.165, 1.54) is 0 Å². The molecule has 1 fully saturated rings. The zero-order valence-corrected chi connectivity index (χ0v) is 10.7. The van der Waals surface area contributed by atoms with Crippen molar-refractivity contribution in [1.29, 1.82) is 0 Å². The molecule has 1 aliphatic heterocycles. The number of hydrogen-bond acceptors (Lipinski definition) is 3. The maximum Gasteiger partial charge on any atom is 0.168 e. The molecule has 1 N–H and O–H groups in total. The van der Waals surface area contributed by atoms with Crippen molar-refractivity contribution in [2.24, 2.45) is 0 Å². The predicted molar refractivity (Wildman–Crippen MR) is 65.1 cm³/mol. The highest BCUT2D eigenvalue weighted by atomic mass is 127. The summed E-state index contributed by atoms with van der Waals surface area (Å²) in [6.07, 6.45) is 1.64. The van der Waals surface area contributed by atoms with E-state index in [9.17, 15) is 4.39 Å². The standard InChI is InChI=1S/C9H9ClFIN2O/c10-7-6(12)1-2-13-8(7)14-3-9(11,4-14)5-15/h1-2,15H,3-5H2. The minimum Gasteiger partial charge on any atom is -0.393 e. The highest BCUT2D eigenvalue weighted by molar-refractivity contribution is 14.1. The lowest BCUT2D eigenvalue weighted by atomic mass is 9.97. The van der Waals surface area contributed by atoms with Crippen LogP contribution in [-0.2, 0) is 0 Å². The van der Waals surface area contributed by atoms with Crippen LogP contribution < -0.4 is 4.90 Å². The van der Waals surface area contributed by atoms with Crippen LogP contribution in [0.3, 0.4) is 0 Å². The maximum atomic E-state index is 13.4. The summed E-state index contributed by atoms with van der Waals surface area (Å²) in [6.45, 7) is -0.155. The summed E-state index contributed by atoms with van der Waals surface area (Å²) < 4.78 is 14.3. The summed E-state index contributed by atoms with van der Waals surface area (Å²) in [6, 6.07) is 1.79. The number of alkyl halides is 1. The first kappa shape index (κ1) is 11.3. The molecule has 6 heteroatoms. The number of halogens is 3. The van der Waals surface area contributed by atoms with E-state index in [1.54, 1.807) is 17.2 Å². The second kappa shape index (κ2) is 4.03. The molecule has 1 aliphatic rings. The Labute approximate surface area is 105 Å². The van der Waals surface area contributed by atoms with Crippen molar-refractivity contribution in [2.45, 2.75) is 5.67 Å². The van der Waals surface area contributed by atoms with Crippen LogP contribution in [0, 0.1) is 3.57 Å². The molecule has 1 aromatic heterocycles. The lowest BCUT2D eigenvalue weighted by Gasteiger charge is -2.44. The number of hydrogen-bond donors (Lipinski definition) is 1. The predicted octanol–water partition coefficient (Wildman–Crippen LogP) is 1.86. The number of aliphatic hydroxyl groups excluding tert-OH is 1. The molecule has 0 radical (unpaired) electrons. The minimum absolute atomic E-state index is 0.149. The maximum absolute atomic E-state index is 13.4. The molecular weight excluding hydrogens is 333 g/mol. The third-order valence-corrected chi connectivity index (χ3v) is 3.95. The second-order valence-electron chi connectivity index (χ2n) is 3.60. The summed E-state index contributed by atoms with van der Waals surface area (Å²) in [5, 5.41) is 9.32. The fourth-order valence-electron chi connectivity index (χ4n) is 1.52. The average Bonchev–Trinajstić information content (AvgIpc) is 2.18. The van der Waals surface area contributed by atoms with E-state index in [1.807, 2.05) is 0 Å². The zero-order chi connectivity index (χ0) is 11.1. The van der Waals surface area contributed by atoms with Crippen LogP contribution in [-0.4, -0.2) is 35.5 Å². The molecule has 0 saturated carbocycles. The molecule has 0 atom stereocenters. The van der Waals surface area contributed by atoms with Crippen LogP contribution in [0.25, 0.3) is 0 Å². The lowest BCUT2D eigenvalue weighted by molar-refractivity contribution is 0.0440. The Hall–Kier alpha value is -0.140. The number of nitrogens with zero attached hydrogens (tertiary/aromatic N) is 2. The van der Waals surface area contributed by atoms with E-state index in [4.69, 9.17) is 16.7 Å². The van der Waals surface area contributed by atoms with Gasteiger partial charge in [-0.2, -0.15) is 0 Å². The molecule has 1 saturated heterocycles. The van der Waals surface area contributed by atoms with E-state index in [0.29, 0.717) is 10.8 Å². The van der Waals surface area contributed by atoms with Gasteiger partial charge in [-0.3, -0.25) is 0 Å². The topological polar surface area (TPSA) is 36.4 Å². The van der Waals surface area contributed by atoms with Gasteiger partial charge in [-0.1, -0.05) is 11.6 Å². The molecule has 0 aliphatic carbocycles. The first-order chi connectivity index (χ1) is 7.06. The van der Waals surface area contributed by atoms with Gasteiger partial charge in [-0.05, 0) is 28.7 Å². The van der Waals surface area contributed by atoms with Crippen molar-refractivity contribution in [2.75, 3.05) is 24.6 Å². The molecule has 1 aromatic rings. The fraction of sp³-hybridized carbons (Fsp3) is 0.444. The summed E-state index contributed by atoms with van der Waals surface area (Å²) in [5.41, 5.74) is -1.49. The molecule has 2 rings (SSSR count). The van der Waals surface area contributed by atoms with E-state index in [0.717, 1.165) is 3.57 Å². The van der Waals surface area contributed by atoms with Crippen LogP contribution in [0.5, 0.6) is 0 Å². The van der Waals surface area contributed by atoms with Gasteiger partial charge in [0, 0.05) is 9.77 Å². The van der Waals surface area contributed by atoms with Crippen LogP contribution in [0.2, 0.25) is 5.02 Å². The second-order valence-corrected chi connectivity index (χ2v) is 5.14. The van der Waals surface area contributed by atoms with Gasteiger partial charge in [0.25, 0.3) is 0 Å². The Kier molecular flexibility index (Phi) is 3.05. The molecular formula is C9H9ClFIN2O. The van der Waals surface area contributed by atoms with Gasteiger partial charge in [0.2, 0.25) is 0 Å². The molecule has 82 valence electrons. The molecule has 0 unspecified atom stereocenters. The third-order valence-electron chi connectivity index (χ3n) is 2.36. The minimum atomic E-state index is -1.49. The summed E-state index contributed by atoms with van der Waals surface area (Å²) in [5.74, 6) is 0.588. The first-order valence-corrected chi connectivity index (χ1v) is 5.86. The van der Waals surface area contributed by atoms with Crippen LogP contribution >= 0.6 is 34.2 Å². The van der Waals surface area contributed by atoms with Gasteiger partial charge < -0.3 is 10.0 Å². The Morgan fingerprint density at radius 3 is 2.93 bits per heavy atom. The zero-order valence-electron chi connectivity index (χ0n) is 7.75. The van der Waals surface area contributed by atoms with Crippen LogP contribution in [0.15, 0.2) is 12.3 Å². The Morgan fingerprint density at radius 1 is 1.67 bits per heavy atom. The van der Waals surface area contributed by atoms with Gasteiger partial charge in [-0.15, -0.1) is 0 Å². The molecule has 0 aromatic carbocycles. The van der Waals surface area contributed by atoms with Gasteiger partial charge in [0.1, 0.15) is 5.82 Å². The third kappa shape index (κ3) is 2.05. The monoisotopic (exact) mass is 342 g/mol. The van der Waals surface area contributed by atoms with E-state index in [2.05, 4.69) is 27.6 Å². The van der Waals surface area contributed by atoms with E-state index >= 15 is 0 Å². The molecule has 15 heavy (non-hydrogen) atoms. The number of aliphatic hydroxyl groups is 1. The molecule has 2 heterocycles. The van der Waals surface area contributed by atoms with Crippen molar-refractivity contribution in [3.05, 3.63) is 20.9 Å². The van der Waals surface area contributed by atoms with Crippen LogP contribution in [0.4, 0.5) is 10.2 Å². The lowest BCUT2D eigenvalue weighted by Crippen LogP contribution is -2.61. The quantitative estimate of drug-likeness (QED) is 0.834. The Morgan fingerprint density at radius 2 is 2.33 bits per heavy atom. The van der Waals surface area contributed by atoms with Gasteiger partial charge in [0.15, 0.2) is 5.67 Å². The molecule has 0 amide bonds. The largest absolute Gasteiger partial charge is 0.393 e. The van der Waals surface area contributed by atoms with Gasteiger partial charge in [-0.25, -0.2) is 9.37 Å². The van der Waals surface area contributed by atoms with Crippen LogP contribution in [0.1, 0.15) is 0 Å². The van der Waals surface area contributed by atoms with Crippen molar-refractivity contribution in [3.8, 4) is 0 Å². The van der Waals surface area contributed by atoms with Crippen molar-refractivity contribution >= 4 is 40.0 Å². The average molecular weight is 343 g/mol. The highest BCUT2D eigenvalue weighted by Gasteiger charge is 2.44. The summed E-state index contributed by atoms with van der Waals surface area (Å²) >= 11 is 8.14. The number of aromatic nitrogens is 1. The van der Waals surface area contributed by atoms with E-state index < -0.39 is 12.3 Å². The smallest absolute Gasteiger partial charge is 0.168 e. The normalized spacial score (nSPS) is 18.8. The Bertz CT molecular complexity index is 384. The van der Waals surface area contributed by atoms with Crippen molar-refractivity contribution in [3.63, 3.8) is 0 Å². The van der Waals surface area contributed by atoms with Gasteiger partial charge >= 0.3 is 0 Å². The van der Waals surface area contributed by atoms with Gasteiger partial charge in [0.05, 0.1) is 24.7 Å². The summed E-state index contributed by atoms with van der Waals surface area (Å²) in [7, 11) is 0. The number of rotatable bonds is 2.